The van der Waals surface area contributed by atoms with Crippen LogP contribution in [0.3, 0.4) is 0 Å². The molecule has 0 aliphatic rings. The van der Waals surface area contributed by atoms with Gasteiger partial charge >= 0.3 is 0 Å². The first kappa shape index (κ1) is 22.1. The van der Waals surface area contributed by atoms with Gasteiger partial charge in [0.25, 0.3) is 5.91 Å². The lowest BCUT2D eigenvalue weighted by Crippen LogP contribution is -2.30. The largest absolute Gasteiger partial charge is 0.341 e. The van der Waals surface area contributed by atoms with E-state index in [9.17, 15) is 17.6 Å². The molecular weight excluding hydrogens is 471 g/mol. The van der Waals surface area contributed by atoms with Crippen molar-refractivity contribution in [2.45, 2.75) is 10.9 Å². The van der Waals surface area contributed by atoms with E-state index in [1.165, 1.54) is 44.4 Å². The molecule has 1 unspecified atom stereocenters. The van der Waals surface area contributed by atoms with Gasteiger partial charge in [-0.2, -0.15) is 0 Å². The first-order chi connectivity index (χ1) is 14.2. The summed E-state index contributed by atoms with van der Waals surface area (Å²) in [5, 5.41) is 2.85. The molecule has 1 N–H and O–H groups in total. The predicted molar refractivity (Wildman–Crippen MR) is 117 cm³/mol. The Morgan fingerprint density at radius 3 is 2.20 bits per heavy atom. The van der Waals surface area contributed by atoms with Gasteiger partial charge in [0.2, 0.25) is 10.0 Å². The molecule has 0 spiro atoms. The van der Waals surface area contributed by atoms with Crippen LogP contribution in [-0.2, 0) is 10.0 Å². The van der Waals surface area contributed by atoms with Crippen molar-refractivity contribution < 1.29 is 17.6 Å². The van der Waals surface area contributed by atoms with Crippen molar-refractivity contribution in [3.63, 3.8) is 0 Å². The van der Waals surface area contributed by atoms with Gasteiger partial charge in [0.05, 0.1) is 10.9 Å². The summed E-state index contributed by atoms with van der Waals surface area (Å²) in [5.41, 5.74) is 1.31. The second-order valence-electron chi connectivity index (χ2n) is 6.79. The second-order valence-corrected chi connectivity index (χ2v) is 9.86. The zero-order valence-corrected chi connectivity index (χ0v) is 18.7. The average Bonchev–Trinajstić information content (AvgIpc) is 2.73. The van der Waals surface area contributed by atoms with E-state index >= 15 is 0 Å². The van der Waals surface area contributed by atoms with Gasteiger partial charge in [0.1, 0.15) is 5.82 Å². The number of carbonyl (C=O) groups excluding carboxylic acids is 1. The molecule has 0 saturated carbocycles. The highest BCUT2D eigenvalue weighted by molar-refractivity contribution is 9.10. The van der Waals surface area contributed by atoms with Crippen LogP contribution in [0, 0.1) is 5.82 Å². The molecular formula is C22H20BrFN2O3S. The first-order valence-corrected chi connectivity index (χ1v) is 11.3. The van der Waals surface area contributed by atoms with E-state index in [0.717, 1.165) is 9.87 Å². The van der Waals surface area contributed by atoms with Crippen molar-refractivity contribution in [2.24, 2.45) is 0 Å². The maximum Gasteiger partial charge on any atom is 0.252 e. The third kappa shape index (κ3) is 4.77. The Labute approximate surface area is 183 Å². The topological polar surface area (TPSA) is 66.5 Å². The van der Waals surface area contributed by atoms with Crippen molar-refractivity contribution >= 4 is 31.9 Å². The van der Waals surface area contributed by atoms with E-state index in [1.807, 2.05) is 18.2 Å². The van der Waals surface area contributed by atoms with E-state index in [4.69, 9.17) is 0 Å². The van der Waals surface area contributed by atoms with Crippen LogP contribution < -0.4 is 5.32 Å². The highest BCUT2D eigenvalue weighted by atomic mass is 79.9. The van der Waals surface area contributed by atoms with Crippen LogP contribution in [0.15, 0.2) is 82.2 Å². The molecule has 0 radical (unpaired) electrons. The number of nitrogens with zero attached hydrogens (tertiary/aromatic N) is 1. The Morgan fingerprint density at radius 1 is 1.00 bits per heavy atom. The number of rotatable bonds is 6. The number of nitrogens with one attached hydrogen (secondary N) is 1. The maximum absolute atomic E-state index is 14.6. The molecule has 5 nitrogen and oxygen atoms in total. The molecule has 0 aliphatic carbocycles. The summed E-state index contributed by atoms with van der Waals surface area (Å²) < 4.78 is 40.8. The van der Waals surface area contributed by atoms with Gasteiger partial charge in [-0.25, -0.2) is 17.1 Å². The van der Waals surface area contributed by atoms with E-state index < -0.39 is 27.8 Å². The Kier molecular flexibility index (Phi) is 6.70. The molecule has 3 aromatic rings. The molecule has 156 valence electrons. The Morgan fingerprint density at radius 2 is 1.63 bits per heavy atom. The molecule has 0 aliphatic heterocycles. The lowest BCUT2D eigenvalue weighted by atomic mass is 9.97. The van der Waals surface area contributed by atoms with Crippen LogP contribution in [0.5, 0.6) is 0 Å². The third-order valence-corrected chi connectivity index (χ3v) is 6.90. The molecule has 3 aromatic carbocycles. The average molecular weight is 491 g/mol. The van der Waals surface area contributed by atoms with Crippen LogP contribution in [0.4, 0.5) is 4.39 Å². The molecule has 0 heterocycles. The van der Waals surface area contributed by atoms with Crippen molar-refractivity contribution in [3.8, 4) is 0 Å². The zero-order chi connectivity index (χ0) is 21.9. The minimum absolute atomic E-state index is 0.0858. The molecule has 1 atom stereocenters. The van der Waals surface area contributed by atoms with Crippen molar-refractivity contribution in [1.82, 2.24) is 9.62 Å². The molecule has 0 aromatic heterocycles. The summed E-state index contributed by atoms with van der Waals surface area (Å²) in [7, 11) is -0.715. The van der Waals surface area contributed by atoms with Crippen molar-refractivity contribution in [3.05, 3.63) is 99.8 Å². The molecule has 30 heavy (non-hydrogen) atoms. The van der Waals surface area contributed by atoms with E-state index in [2.05, 4.69) is 21.2 Å². The number of hydrogen-bond donors (Lipinski definition) is 1. The third-order valence-electron chi connectivity index (χ3n) is 4.58. The van der Waals surface area contributed by atoms with Crippen LogP contribution in [0.1, 0.15) is 27.5 Å². The fourth-order valence-corrected chi connectivity index (χ4v) is 4.16. The summed E-state index contributed by atoms with van der Waals surface area (Å²) in [5.74, 6) is -0.897. The fraction of sp³-hybridized carbons (Fsp3) is 0.136. The highest BCUT2D eigenvalue weighted by Crippen LogP contribution is 2.27. The monoisotopic (exact) mass is 490 g/mol. The second kappa shape index (κ2) is 9.07. The quantitative estimate of drug-likeness (QED) is 0.558. The van der Waals surface area contributed by atoms with Crippen LogP contribution in [-0.4, -0.2) is 32.7 Å². The van der Waals surface area contributed by atoms with Crippen molar-refractivity contribution in [2.75, 3.05) is 14.1 Å². The normalized spacial score (nSPS) is 12.6. The molecule has 0 fully saturated rings. The first-order valence-electron chi connectivity index (χ1n) is 9.03. The predicted octanol–water partition coefficient (Wildman–Crippen LogP) is 4.36. The van der Waals surface area contributed by atoms with Crippen LogP contribution in [0.25, 0.3) is 0 Å². The SMILES string of the molecule is CN(C)S(=O)(=O)c1ccc(C(=O)NC(c2ccccc2)c2ccc(Br)cc2F)cc1. The summed E-state index contributed by atoms with van der Waals surface area (Å²) in [4.78, 5) is 13.0. The number of halogens is 2. The summed E-state index contributed by atoms with van der Waals surface area (Å²) in [6, 6.07) is 18.7. The number of sulfonamides is 1. The zero-order valence-electron chi connectivity index (χ0n) is 16.3. The molecule has 1 amide bonds. The standard InChI is InChI=1S/C22H20BrFN2O3S/c1-26(2)30(28,29)18-11-8-16(9-12-18)22(27)25-21(15-6-4-3-5-7-15)19-13-10-17(23)14-20(19)24/h3-14,21H,1-2H3,(H,25,27). The van der Waals surface area contributed by atoms with Gasteiger partial charge in [-0.05, 0) is 42.0 Å². The fourth-order valence-electron chi connectivity index (χ4n) is 2.93. The number of hydrogen-bond acceptors (Lipinski definition) is 3. The molecule has 0 bridgehead atoms. The number of carbonyl (C=O) groups is 1. The number of amides is 1. The minimum Gasteiger partial charge on any atom is -0.341 e. The summed E-state index contributed by atoms with van der Waals surface area (Å²) in [6.07, 6.45) is 0. The summed E-state index contributed by atoms with van der Waals surface area (Å²) in [6.45, 7) is 0. The van der Waals surface area contributed by atoms with Crippen LogP contribution >= 0.6 is 15.9 Å². The highest BCUT2D eigenvalue weighted by Gasteiger charge is 2.22. The van der Waals surface area contributed by atoms with Gasteiger partial charge < -0.3 is 5.32 Å². The van der Waals surface area contributed by atoms with Gasteiger partial charge in [-0.1, -0.05) is 52.3 Å². The van der Waals surface area contributed by atoms with Gasteiger partial charge in [-0.15, -0.1) is 0 Å². The lowest BCUT2D eigenvalue weighted by Gasteiger charge is -2.21. The molecule has 8 heteroatoms. The maximum atomic E-state index is 14.6. The van der Waals surface area contributed by atoms with Gasteiger partial charge in [0, 0.05) is 29.7 Å². The molecule has 0 saturated heterocycles. The minimum atomic E-state index is -3.59. The smallest absolute Gasteiger partial charge is 0.252 e. The van der Waals surface area contributed by atoms with E-state index in [0.29, 0.717) is 10.0 Å². The van der Waals surface area contributed by atoms with Crippen LogP contribution in [0.2, 0.25) is 0 Å². The van der Waals surface area contributed by atoms with Gasteiger partial charge in [0.15, 0.2) is 0 Å². The Hall–Kier alpha value is -2.55. The van der Waals surface area contributed by atoms with E-state index in [1.54, 1.807) is 24.3 Å². The summed E-state index contributed by atoms with van der Waals surface area (Å²) >= 11 is 3.24. The Bertz CT molecular complexity index is 1150. The lowest BCUT2D eigenvalue weighted by molar-refractivity contribution is 0.0942. The van der Waals surface area contributed by atoms with Gasteiger partial charge in [-0.3, -0.25) is 4.79 Å². The Balaban J connectivity index is 1.92. The van der Waals surface area contributed by atoms with E-state index in [-0.39, 0.29) is 10.5 Å². The molecule has 3 rings (SSSR count). The van der Waals surface area contributed by atoms with Crippen molar-refractivity contribution in [1.29, 1.82) is 0 Å². The number of benzene rings is 3.